The monoisotopic (exact) mass is 316 g/mol. The van der Waals surface area contributed by atoms with Crippen LogP contribution >= 0.6 is 0 Å². The van der Waals surface area contributed by atoms with Crippen molar-refractivity contribution in [2.24, 2.45) is 5.92 Å². The van der Waals surface area contributed by atoms with Gasteiger partial charge in [-0.1, -0.05) is 0 Å². The van der Waals surface area contributed by atoms with Gasteiger partial charge in [0.1, 0.15) is 6.61 Å². The van der Waals surface area contributed by atoms with Crippen molar-refractivity contribution in [3.8, 4) is 0 Å². The van der Waals surface area contributed by atoms with Crippen LogP contribution in [-0.4, -0.2) is 55.5 Å². The Kier molecular flexibility index (Phi) is 8.27. The Balaban J connectivity index is 2.05. The zero-order valence-electron chi connectivity index (χ0n) is 12.8. The lowest BCUT2D eigenvalue weighted by Crippen LogP contribution is -2.45. The van der Waals surface area contributed by atoms with Gasteiger partial charge in [0, 0.05) is 12.6 Å². The first-order chi connectivity index (χ1) is 10.5. The molecule has 0 aromatic heterocycles. The molecule has 1 rings (SSSR count). The molecule has 126 valence electrons. The van der Waals surface area contributed by atoms with Crippen LogP contribution in [0.1, 0.15) is 32.6 Å². The van der Waals surface area contributed by atoms with Gasteiger partial charge >= 0.3 is 18.0 Å². The molecule has 1 fully saturated rings. The molecule has 0 atom stereocenters. The number of hydrogen-bond donors (Lipinski definition) is 3. The van der Waals surface area contributed by atoms with E-state index in [2.05, 4.69) is 10.6 Å². The summed E-state index contributed by atoms with van der Waals surface area (Å²) < 4.78 is 9.74. The van der Waals surface area contributed by atoms with Gasteiger partial charge in [-0.05, 0) is 32.6 Å². The lowest BCUT2D eigenvalue weighted by atomic mass is 9.86. The van der Waals surface area contributed by atoms with E-state index in [1.807, 2.05) is 0 Å². The number of carboxylic acids is 1. The first-order valence-corrected chi connectivity index (χ1v) is 7.53. The summed E-state index contributed by atoms with van der Waals surface area (Å²) >= 11 is 0. The molecule has 2 amide bonds. The molecular weight excluding hydrogens is 292 g/mol. The highest BCUT2D eigenvalue weighted by Crippen LogP contribution is 2.24. The van der Waals surface area contributed by atoms with E-state index in [9.17, 15) is 14.4 Å². The zero-order chi connectivity index (χ0) is 16.4. The molecule has 1 aliphatic rings. The van der Waals surface area contributed by atoms with Crippen molar-refractivity contribution in [3.63, 3.8) is 0 Å². The van der Waals surface area contributed by atoms with Crippen molar-refractivity contribution < 1.29 is 29.0 Å². The largest absolute Gasteiger partial charge is 0.481 e. The average Bonchev–Trinajstić information content (AvgIpc) is 2.47. The first-order valence-electron chi connectivity index (χ1n) is 7.53. The third-order valence-electron chi connectivity index (χ3n) is 3.47. The Hall–Kier alpha value is -1.83. The van der Waals surface area contributed by atoms with Crippen LogP contribution in [0.15, 0.2) is 0 Å². The van der Waals surface area contributed by atoms with E-state index in [0.29, 0.717) is 32.3 Å². The van der Waals surface area contributed by atoms with Crippen molar-refractivity contribution in [1.82, 2.24) is 10.6 Å². The lowest BCUT2D eigenvalue weighted by Gasteiger charge is -2.26. The highest BCUT2D eigenvalue weighted by molar-refractivity contribution is 5.74. The number of ether oxygens (including phenoxy) is 2. The van der Waals surface area contributed by atoms with Crippen LogP contribution in [0.5, 0.6) is 0 Å². The predicted molar refractivity (Wildman–Crippen MR) is 77.4 cm³/mol. The zero-order valence-corrected chi connectivity index (χ0v) is 12.8. The third kappa shape index (κ3) is 7.26. The van der Waals surface area contributed by atoms with Gasteiger partial charge in [0.05, 0.1) is 19.1 Å². The fourth-order valence-electron chi connectivity index (χ4n) is 2.32. The van der Waals surface area contributed by atoms with Crippen molar-refractivity contribution in [3.05, 3.63) is 0 Å². The summed E-state index contributed by atoms with van der Waals surface area (Å²) in [4.78, 5) is 33.5. The molecule has 0 aromatic rings. The number of carbonyl (C=O) groups is 3. The quantitative estimate of drug-likeness (QED) is 0.444. The minimum Gasteiger partial charge on any atom is -0.481 e. The van der Waals surface area contributed by atoms with Crippen molar-refractivity contribution in [2.45, 2.75) is 38.6 Å². The Labute approximate surface area is 129 Å². The smallest absolute Gasteiger partial charge is 0.332 e. The van der Waals surface area contributed by atoms with Crippen LogP contribution in [0.4, 0.5) is 4.79 Å². The van der Waals surface area contributed by atoms with E-state index >= 15 is 0 Å². The van der Waals surface area contributed by atoms with Gasteiger partial charge < -0.3 is 25.2 Å². The second kappa shape index (κ2) is 9.99. The van der Waals surface area contributed by atoms with Crippen LogP contribution in [0.25, 0.3) is 0 Å². The molecule has 0 radical (unpaired) electrons. The molecule has 1 saturated carbocycles. The van der Waals surface area contributed by atoms with E-state index in [1.54, 1.807) is 6.92 Å². The Morgan fingerprint density at radius 3 is 2.45 bits per heavy atom. The van der Waals surface area contributed by atoms with Crippen LogP contribution in [0.2, 0.25) is 0 Å². The topological polar surface area (TPSA) is 114 Å². The maximum atomic E-state index is 11.6. The molecule has 0 spiro atoms. The third-order valence-corrected chi connectivity index (χ3v) is 3.47. The number of aliphatic carboxylic acids is 1. The highest BCUT2D eigenvalue weighted by Gasteiger charge is 2.26. The van der Waals surface area contributed by atoms with Crippen molar-refractivity contribution in [2.75, 3.05) is 26.4 Å². The SMILES string of the molecule is CCOC(=O)COCCNC(=O)NC1CCC(C(=O)O)CC1. The molecule has 8 heteroatoms. The molecule has 3 N–H and O–H groups in total. The second-order valence-corrected chi connectivity index (χ2v) is 5.14. The minimum atomic E-state index is -0.762. The summed E-state index contributed by atoms with van der Waals surface area (Å²) in [7, 11) is 0. The number of urea groups is 1. The molecule has 0 heterocycles. The lowest BCUT2D eigenvalue weighted by molar-refractivity contribution is -0.148. The normalized spacial score (nSPS) is 21.0. The number of carboxylic acid groups (broad SMARTS) is 1. The Morgan fingerprint density at radius 1 is 1.18 bits per heavy atom. The standard InChI is InChI=1S/C14H24N2O6/c1-2-22-12(17)9-21-8-7-15-14(20)16-11-5-3-10(4-6-11)13(18)19/h10-11H,2-9H2,1H3,(H,18,19)(H2,15,16,20). The van der Waals surface area contributed by atoms with Crippen LogP contribution in [0.3, 0.4) is 0 Å². The maximum absolute atomic E-state index is 11.6. The molecule has 0 unspecified atom stereocenters. The molecule has 0 aromatic carbocycles. The van der Waals surface area contributed by atoms with Gasteiger partial charge in [-0.2, -0.15) is 0 Å². The van der Waals surface area contributed by atoms with Crippen LogP contribution in [0, 0.1) is 5.92 Å². The van der Waals surface area contributed by atoms with Gasteiger partial charge in [-0.25, -0.2) is 9.59 Å². The Morgan fingerprint density at radius 2 is 1.86 bits per heavy atom. The summed E-state index contributed by atoms with van der Waals surface area (Å²) in [6, 6.07) is -0.297. The van der Waals surface area contributed by atoms with Crippen LogP contribution < -0.4 is 10.6 Å². The Bertz CT molecular complexity index is 380. The van der Waals surface area contributed by atoms with Gasteiger partial charge in [-0.15, -0.1) is 0 Å². The summed E-state index contributed by atoms with van der Waals surface area (Å²) in [6.07, 6.45) is 2.51. The molecule has 8 nitrogen and oxygen atoms in total. The summed E-state index contributed by atoms with van der Waals surface area (Å²) in [5.74, 6) is -1.49. The number of hydrogen-bond acceptors (Lipinski definition) is 5. The van der Waals surface area contributed by atoms with E-state index in [0.717, 1.165) is 0 Å². The molecule has 22 heavy (non-hydrogen) atoms. The summed E-state index contributed by atoms with van der Waals surface area (Å²) in [5, 5.41) is 14.3. The van der Waals surface area contributed by atoms with E-state index < -0.39 is 11.9 Å². The molecule has 0 bridgehead atoms. The highest BCUT2D eigenvalue weighted by atomic mass is 16.6. The van der Waals surface area contributed by atoms with Crippen LogP contribution in [-0.2, 0) is 19.1 Å². The van der Waals surface area contributed by atoms with Gasteiger partial charge in [0.25, 0.3) is 0 Å². The molecule has 0 aliphatic heterocycles. The van der Waals surface area contributed by atoms with Gasteiger partial charge in [-0.3, -0.25) is 4.79 Å². The number of amides is 2. The molecular formula is C14H24N2O6. The number of rotatable bonds is 8. The van der Waals surface area contributed by atoms with Crippen molar-refractivity contribution >= 4 is 18.0 Å². The molecule has 0 saturated heterocycles. The fourth-order valence-corrected chi connectivity index (χ4v) is 2.32. The average molecular weight is 316 g/mol. The van der Waals surface area contributed by atoms with Gasteiger partial charge in [0.2, 0.25) is 0 Å². The van der Waals surface area contributed by atoms with E-state index in [4.69, 9.17) is 14.6 Å². The van der Waals surface area contributed by atoms with Crippen molar-refractivity contribution in [1.29, 1.82) is 0 Å². The number of nitrogens with one attached hydrogen (secondary N) is 2. The first kappa shape index (κ1) is 18.2. The summed E-state index contributed by atoms with van der Waals surface area (Å²) in [5.41, 5.74) is 0. The van der Waals surface area contributed by atoms with E-state index in [-0.39, 0.29) is 37.7 Å². The second-order valence-electron chi connectivity index (χ2n) is 5.14. The predicted octanol–water partition coefficient (Wildman–Crippen LogP) is 0.509. The van der Waals surface area contributed by atoms with Gasteiger partial charge in [0.15, 0.2) is 0 Å². The minimum absolute atomic E-state index is 0.0102. The number of carbonyl (C=O) groups excluding carboxylic acids is 2. The fraction of sp³-hybridized carbons (Fsp3) is 0.786. The van der Waals surface area contributed by atoms with E-state index in [1.165, 1.54) is 0 Å². The number of esters is 1. The summed E-state index contributed by atoms with van der Waals surface area (Å²) in [6.45, 7) is 2.41. The maximum Gasteiger partial charge on any atom is 0.332 e. The molecule has 1 aliphatic carbocycles.